The highest BCUT2D eigenvalue weighted by molar-refractivity contribution is 8.00. The summed E-state index contributed by atoms with van der Waals surface area (Å²) in [5.74, 6) is -2.36. The van der Waals surface area contributed by atoms with E-state index in [4.69, 9.17) is 0 Å². The second kappa shape index (κ2) is 8.22. The molecular weight excluding hydrogens is 374 g/mol. The number of methoxy groups -OCH3 is 1. The molecule has 0 spiro atoms. The molecular formula is C17H13F4NO3S. The molecule has 26 heavy (non-hydrogen) atoms. The van der Waals surface area contributed by atoms with Gasteiger partial charge in [0.2, 0.25) is 5.91 Å². The zero-order chi connectivity index (χ0) is 19.3. The maximum atomic E-state index is 13.9. The quantitative estimate of drug-likeness (QED) is 0.471. The summed E-state index contributed by atoms with van der Waals surface area (Å²) in [4.78, 5) is 23.4. The summed E-state index contributed by atoms with van der Waals surface area (Å²) >= 11 is 0.887. The van der Waals surface area contributed by atoms with Crippen molar-refractivity contribution in [3.63, 3.8) is 0 Å². The van der Waals surface area contributed by atoms with Gasteiger partial charge in [0, 0.05) is 4.90 Å². The van der Waals surface area contributed by atoms with Crippen LogP contribution in [0.5, 0.6) is 0 Å². The Morgan fingerprint density at radius 2 is 1.88 bits per heavy atom. The molecule has 2 rings (SSSR count). The Balaban J connectivity index is 1.98. The summed E-state index contributed by atoms with van der Waals surface area (Å²) in [5, 5.41) is 2.30. The first-order valence-electron chi connectivity index (χ1n) is 7.18. The molecule has 0 unspecified atom stereocenters. The van der Waals surface area contributed by atoms with Crippen LogP contribution in [0.2, 0.25) is 0 Å². The largest absolute Gasteiger partial charge is 0.465 e. The van der Waals surface area contributed by atoms with Crippen LogP contribution in [-0.2, 0) is 15.7 Å². The minimum Gasteiger partial charge on any atom is -0.465 e. The van der Waals surface area contributed by atoms with Crippen LogP contribution in [0.3, 0.4) is 0 Å². The Labute approximate surface area is 150 Å². The molecule has 2 aromatic carbocycles. The second-order valence-corrected chi connectivity index (χ2v) is 6.10. The van der Waals surface area contributed by atoms with Gasteiger partial charge >= 0.3 is 12.1 Å². The predicted octanol–water partition coefficient (Wildman–Crippen LogP) is 4.36. The number of benzene rings is 2. The van der Waals surface area contributed by atoms with Gasteiger partial charge in [0.25, 0.3) is 0 Å². The first-order valence-corrected chi connectivity index (χ1v) is 8.17. The van der Waals surface area contributed by atoms with Crippen LogP contribution < -0.4 is 5.32 Å². The molecule has 0 aliphatic rings. The molecule has 9 heteroatoms. The van der Waals surface area contributed by atoms with E-state index < -0.39 is 29.4 Å². The lowest BCUT2D eigenvalue weighted by Gasteiger charge is -2.09. The number of nitrogens with one attached hydrogen (secondary N) is 1. The number of halogens is 4. The number of esters is 1. The molecule has 4 nitrogen and oxygen atoms in total. The van der Waals surface area contributed by atoms with Crippen molar-refractivity contribution in [2.24, 2.45) is 0 Å². The molecule has 0 saturated heterocycles. The fraction of sp³-hybridized carbons (Fsp3) is 0.176. The van der Waals surface area contributed by atoms with Gasteiger partial charge in [0.15, 0.2) is 0 Å². The summed E-state index contributed by atoms with van der Waals surface area (Å²) in [6.45, 7) is 0. The highest BCUT2D eigenvalue weighted by atomic mass is 32.2. The standard InChI is InChI=1S/C17H13F4NO3S/c1-25-16(24)10-5-6-14(13(18)7-10)22-15(23)9-26-12-4-2-3-11(8-12)17(19,20)21/h2-8H,9H2,1H3,(H,22,23). The van der Waals surface area contributed by atoms with E-state index in [0.717, 1.165) is 37.1 Å². The Kier molecular flexibility index (Phi) is 6.25. The Bertz CT molecular complexity index is 824. The number of rotatable bonds is 5. The van der Waals surface area contributed by atoms with Gasteiger partial charge in [-0.05, 0) is 36.4 Å². The number of alkyl halides is 3. The molecule has 0 aromatic heterocycles. The third-order valence-electron chi connectivity index (χ3n) is 3.20. The molecule has 1 amide bonds. The molecule has 0 saturated carbocycles. The van der Waals surface area contributed by atoms with Gasteiger partial charge < -0.3 is 10.1 Å². The van der Waals surface area contributed by atoms with Crippen molar-refractivity contribution in [3.8, 4) is 0 Å². The summed E-state index contributed by atoms with van der Waals surface area (Å²) < 4.78 is 56.3. The highest BCUT2D eigenvalue weighted by Gasteiger charge is 2.30. The number of ether oxygens (including phenoxy) is 1. The zero-order valence-electron chi connectivity index (χ0n) is 13.4. The van der Waals surface area contributed by atoms with Crippen LogP contribution in [0.4, 0.5) is 23.2 Å². The Morgan fingerprint density at radius 1 is 1.15 bits per heavy atom. The van der Waals surface area contributed by atoms with Crippen molar-refractivity contribution in [2.75, 3.05) is 18.2 Å². The first kappa shape index (κ1) is 19.8. The number of carbonyl (C=O) groups is 2. The first-order chi connectivity index (χ1) is 12.2. The van der Waals surface area contributed by atoms with Crippen molar-refractivity contribution < 1.29 is 31.9 Å². The van der Waals surface area contributed by atoms with Gasteiger partial charge in [0.1, 0.15) is 5.82 Å². The molecule has 0 aliphatic carbocycles. The lowest BCUT2D eigenvalue weighted by atomic mass is 10.2. The van der Waals surface area contributed by atoms with E-state index in [1.165, 1.54) is 24.3 Å². The van der Waals surface area contributed by atoms with E-state index in [9.17, 15) is 27.2 Å². The van der Waals surface area contributed by atoms with Crippen molar-refractivity contribution in [2.45, 2.75) is 11.1 Å². The van der Waals surface area contributed by atoms with Crippen LogP contribution in [-0.4, -0.2) is 24.7 Å². The van der Waals surface area contributed by atoms with Crippen LogP contribution in [0.15, 0.2) is 47.4 Å². The predicted molar refractivity (Wildman–Crippen MR) is 88.5 cm³/mol. The maximum Gasteiger partial charge on any atom is 0.416 e. The summed E-state index contributed by atoms with van der Waals surface area (Å²) in [7, 11) is 1.15. The lowest BCUT2D eigenvalue weighted by molar-refractivity contribution is -0.137. The molecule has 1 N–H and O–H groups in total. The van der Waals surface area contributed by atoms with E-state index in [-0.39, 0.29) is 21.9 Å². The Hall–Kier alpha value is -2.55. The van der Waals surface area contributed by atoms with Gasteiger partial charge in [0.05, 0.1) is 29.7 Å². The molecule has 0 radical (unpaired) electrons. The van der Waals surface area contributed by atoms with E-state index in [0.29, 0.717) is 0 Å². The minimum absolute atomic E-state index is 0.0126. The van der Waals surface area contributed by atoms with Crippen LogP contribution >= 0.6 is 11.8 Å². The third-order valence-corrected chi connectivity index (χ3v) is 4.19. The smallest absolute Gasteiger partial charge is 0.416 e. The molecule has 0 aliphatic heterocycles. The number of hydrogen-bond acceptors (Lipinski definition) is 4. The second-order valence-electron chi connectivity index (χ2n) is 5.05. The van der Waals surface area contributed by atoms with Crippen LogP contribution in [0.25, 0.3) is 0 Å². The number of hydrogen-bond donors (Lipinski definition) is 1. The molecule has 2 aromatic rings. The van der Waals surface area contributed by atoms with Gasteiger partial charge in [-0.15, -0.1) is 11.8 Å². The summed E-state index contributed by atoms with van der Waals surface area (Å²) in [6, 6.07) is 7.96. The fourth-order valence-corrected chi connectivity index (χ4v) is 2.71. The summed E-state index contributed by atoms with van der Waals surface area (Å²) in [5.41, 5.74) is -0.971. The third kappa shape index (κ3) is 5.22. The number of anilines is 1. The molecule has 0 heterocycles. The normalized spacial score (nSPS) is 11.1. The van der Waals surface area contributed by atoms with Gasteiger partial charge in [-0.1, -0.05) is 6.07 Å². The lowest BCUT2D eigenvalue weighted by Crippen LogP contribution is -2.15. The van der Waals surface area contributed by atoms with E-state index in [1.54, 1.807) is 0 Å². The minimum atomic E-state index is -4.47. The molecule has 0 bridgehead atoms. The average molecular weight is 387 g/mol. The molecule has 0 fully saturated rings. The van der Waals surface area contributed by atoms with Crippen LogP contribution in [0.1, 0.15) is 15.9 Å². The van der Waals surface area contributed by atoms with E-state index in [1.807, 2.05) is 0 Å². The van der Waals surface area contributed by atoms with E-state index >= 15 is 0 Å². The number of amides is 1. The molecule has 0 atom stereocenters. The van der Waals surface area contributed by atoms with Crippen molar-refractivity contribution >= 4 is 29.3 Å². The maximum absolute atomic E-state index is 13.9. The zero-order valence-corrected chi connectivity index (χ0v) is 14.2. The topological polar surface area (TPSA) is 55.4 Å². The van der Waals surface area contributed by atoms with Crippen molar-refractivity contribution in [1.82, 2.24) is 0 Å². The highest BCUT2D eigenvalue weighted by Crippen LogP contribution is 2.31. The fourth-order valence-electron chi connectivity index (χ4n) is 1.96. The summed E-state index contributed by atoms with van der Waals surface area (Å²) in [6.07, 6.45) is -4.47. The molecule has 138 valence electrons. The van der Waals surface area contributed by atoms with Gasteiger partial charge in [-0.2, -0.15) is 13.2 Å². The Morgan fingerprint density at radius 3 is 2.50 bits per heavy atom. The average Bonchev–Trinajstić information content (AvgIpc) is 2.60. The van der Waals surface area contributed by atoms with E-state index in [2.05, 4.69) is 10.1 Å². The number of carbonyl (C=O) groups excluding carboxylic acids is 2. The number of thioether (sulfide) groups is 1. The SMILES string of the molecule is COC(=O)c1ccc(NC(=O)CSc2cccc(C(F)(F)F)c2)c(F)c1. The van der Waals surface area contributed by atoms with Crippen LogP contribution in [0, 0.1) is 5.82 Å². The van der Waals surface area contributed by atoms with Crippen molar-refractivity contribution in [3.05, 3.63) is 59.4 Å². The van der Waals surface area contributed by atoms with Gasteiger partial charge in [-0.25, -0.2) is 9.18 Å². The van der Waals surface area contributed by atoms with Gasteiger partial charge in [-0.3, -0.25) is 4.79 Å². The van der Waals surface area contributed by atoms with Crippen molar-refractivity contribution in [1.29, 1.82) is 0 Å². The monoisotopic (exact) mass is 387 g/mol.